The molecule has 0 aromatic rings. The number of piperazine rings is 1. The molecular weight excluding hydrogens is 164 g/mol. The van der Waals surface area contributed by atoms with E-state index in [-0.39, 0.29) is 0 Å². The van der Waals surface area contributed by atoms with Gasteiger partial charge in [-0.3, -0.25) is 4.79 Å². The highest BCUT2D eigenvalue weighted by molar-refractivity contribution is 5.48. The molecule has 0 aromatic carbocycles. The van der Waals surface area contributed by atoms with Gasteiger partial charge in [0.05, 0.1) is 0 Å². The SMILES string of the molecule is O=CN1CCNCC1C1CCCC1. The topological polar surface area (TPSA) is 32.3 Å². The van der Waals surface area contributed by atoms with Crippen molar-refractivity contribution in [2.45, 2.75) is 31.7 Å². The average Bonchev–Trinajstić information content (AvgIpc) is 2.70. The zero-order valence-electron chi connectivity index (χ0n) is 8.04. The zero-order valence-corrected chi connectivity index (χ0v) is 8.04. The number of hydrogen-bond acceptors (Lipinski definition) is 2. The van der Waals surface area contributed by atoms with Crippen molar-refractivity contribution in [1.29, 1.82) is 0 Å². The van der Waals surface area contributed by atoms with Crippen molar-refractivity contribution in [3.8, 4) is 0 Å². The third-order valence-electron chi connectivity index (χ3n) is 3.41. The van der Waals surface area contributed by atoms with E-state index in [2.05, 4.69) is 5.32 Å². The van der Waals surface area contributed by atoms with Crippen LogP contribution in [0.5, 0.6) is 0 Å². The van der Waals surface area contributed by atoms with E-state index >= 15 is 0 Å². The number of amides is 1. The molecule has 1 heterocycles. The van der Waals surface area contributed by atoms with Crippen LogP contribution in [0, 0.1) is 5.92 Å². The molecule has 0 spiro atoms. The maximum Gasteiger partial charge on any atom is 0.210 e. The third kappa shape index (κ3) is 1.85. The molecule has 3 nitrogen and oxygen atoms in total. The Balaban J connectivity index is 1.96. The average molecular weight is 182 g/mol. The fourth-order valence-corrected chi connectivity index (χ4v) is 2.65. The van der Waals surface area contributed by atoms with Gasteiger partial charge in [-0.15, -0.1) is 0 Å². The van der Waals surface area contributed by atoms with Gasteiger partial charge in [0.15, 0.2) is 0 Å². The summed E-state index contributed by atoms with van der Waals surface area (Å²) in [5.74, 6) is 0.762. The lowest BCUT2D eigenvalue weighted by Gasteiger charge is -2.37. The van der Waals surface area contributed by atoms with Crippen LogP contribution in [-0.4, -0.2) is 37.0 Å². The van der Waals surface area contributed by atoms with Gasteiger partial charge in [0.25, 0.3) is 0 Å². The van der Waals surface area contributed by atoms with Crippen LogP contribution in [0.15, 0.2) is 0 Å². The molecule has 1 atom stereocenters. The van der Waals surface area contributed by atoms with Gasteiger partial charge in [-0.1, -0.05) is 12.8 Å². The fraction of sp³-hybridized carbons (Fsp3) is 0.900. The van der Waals surface area contributed by atoms with Crippen LogP contribution in [0.1, 0.15) is 25.7 Å². The van der Waals surface area contributed by atoms with Gasteiger partial charge < -0.3 is 10.2 Å². The van der Waals surface area contributed by atoms with E-state index in [0.717, 1.165) is 32.0 Å². The van der Waals surface area contributed by atoms with E-state index in [4.69, 9.17) is 0 Å². The van der Waals surface area contributed by atoms with E-state index < -0.39 is 0 Å². The van der Waals surface area contributed by atoms with Gasteiger partial charge in [-0.25, -0.2) is 0 Å². The molecule has 3 heteroatoms. The molecule has 1 saturated heterocycles. The lowest BCUT2D eigenvalue weighted by Crippen LogP contribution is -2.53. The van der Waals surface area contributed by atoms with E-state index in [1.165, 1.54) is 25.7 Å². The summed E-state index contributed by atoms with van der Waals surface area (Å²) in [6.45, 7) is 2.86. The highest BCUT2D eigenvalue weighted by atomic mass is 16.1. The van der Waals surface area contributed by atoms with Gasteiger partial charge in [0.1, 0.15) is 0 Å². The van der Waals surface area contributed by atoms with Crippen molar-refractivity contribution >= 4 is 6.41 Å². The Morgan fingerprint density at radius 1 is 1.31 bits per heavy atom. The van der Waals surface area contributed by atoms with Crippen molar-refractivity contribution < 1.29 is 4.79 Å². The van der Waals surface area contributed by atoms with Crippen molar-refractivity contribution in [1.82, 2.24) is 10.2 Å². The lowest BCUT2D eigenvalue weighted by atomic mass is 9.95. The first-order valence-electron chi connectivity index (χ1n) is 5.33. The molecule has 2 rings (SSSR count). The molecule has 1 aliphatic carbocycles. The second-order valence-electron chi connectivity index (χ2n) is 4.16. The first-order valence-corrected chi connectivity index (χ1v) is 5.33. The van der Waals surface area contributed by atoms with Gasteiger partial charge in [0.2, 0.25) is 6.41 Å². The second kappa shape index (κ2) is 4.09. The van der Waals surface area contributed by atoms with Crippen molar-refractivity contribution in [2.24, 2.45) is 5.92 Å². The van der Waals surface area contributed by atoms with Gasteiger partial charge in [0, 0.05) is 25.7 Å². The smallest absolute Gasteiger partial charge is 0.210 e. The number of carbonyl (C=O) groups excluding carboxylic acids is 1. The van der Waals surface area contributed by atoms with E-state index in [9.17, 15) is 4.79 Å². The standard InChI is InChI=1S/C10H18N2O/c13-8-12-6-5-11-7-10(12)9-3-1-2-4-9/h8-11H,1-7H2. The molecule has 0 radical (unpaired) electrons. The molecular formula is C10H18N2O. The highest BCUT2D eigenvalue weighted by Crippen LogP contribution is 2.30. The minimum Gasteiger partial charge on any atom is -0.339 e. The molecule has 0 bridgehead atoms. The Morgan fingerprint density at radius 2 is 2.08 bits per heavy atom. The minimum atomic E-state index is 0.480. The summed E-state index contributed by atoms with van der Waals surface area (Å²) in [5.41, 5.74) is 0. The highest BCUT2D eigenvalue weighted by Gasteiger charge is 2.30. The Kier molecular flexibility index (Phi) is 2.83. The van der Waals surface area contributed by atoms with Crippen LogP contribution in [0.2, 0.25) is 0 Å². The molecule has 1 saturated carbocycles. The first kappa shape index (κ1) is 9.00. The molecule has 1 aliphatic heterocycles. The summed E-state index contributed by atoms with van der Waals surface area (Å²) >= 11 is 0. The summed E-state index contributed by atoms with van der Waals surface area (Å²) in [6, 6.07) is 0.480. The lowest BCUT2D eigenvalue weighted by molar-refractivity contribution is -0.122. The Hall–Kier alpha value is -0.570. The molecule has 1 amide bonds. The normalized spacial score (nSPS) is 30.8. The molecule has 74 valence electrons. The van der Waals surface area contributed by atoms with Gasteiger partial charge in [-0.2, -0.15) is 0 Å². The molecule has 1 N–H and O–H groups in total. The first-order chi connectivity index (χ1) is 6.42. The molecule has 1 unspecified atom stereocenters. The van der Waals surface area contributed by atoms with E-state index in [0.29, 0.717) is 6.04 Å². The maximum absolute atomic E-state index is 10.8. The molecule has 0 aromatic heterocycles. The number of carbonyl (C=O) groups is 1. The number of rotatable bonds is 2. The van der Waals surface area contributed by atoms with Gasteiger partial charge >= 0.3 is 0 Å². The van der Waals surface area contributed by atoms with Crippen LogP contribution >= 0.6 is 0 Å². The summed E-state index contributed by atoms with van der Waals surface area (Å²) in [7, 11) is 0. The second-order valence-corrected chi connectivity index (χ2v) is 4.16. The third-order valence-corrected chi connectivity index (χ3v) is 3.41. The molecule has 13 heavy (non-hydrogen) atoms. The van der Waals surface area contributed by atoms with Crippen molar-refractivity contribution in [3.05, 3.63) is 0 Å². The largest absolute Gasteiger partial charge is 0.339 e. The summed E-state index contributed by atoms with van der Waals surface area (Å²) in [6.07, 6.45) is 6.37. The Bertz CT molecular complexity index is 178. The Morgan fingerprint density at radius 3 is 2.77 bits per heavy atom. The quantitative estimate of drug-likeness (QED) is 0.634. The predicted octanol–water partition coefficient (Wildman–Crippen LogP) is 0.607. The Labute approximate surface area is 79.5 Å². The fourth-order valence-electron chi connectivity index (χ4n) is 2.65. The number of nitrogens with one attached hydrogen (secondary N) is 1. The summed E-state index contributed by atoms with van der Waals surface area (Å²) in [4.78, 5) is 12.8. The maximum atomic E-state index is 10.8. The monoisotopic (exact) mass is 182 g/mol. The summed E-state index contributed by atoms with van der Waals surface area (Å²) in [5, 5.41) is 3.38. The number of nitrogens with zero attached hydrogens (tertiary/aromatic N) is 1. The minimum absolute atomic E-state index is 0.480. The van der Waals surface area contributed by atoms with Crippen LogP contribution < -0.4 is 5.32 Å². The number of hydrogen-bond donors (Lipinski definition) is 1. The van der Waals surface area contributed by atoms with Crippen LogP contribution in [-0.2, 0) is 4.79 Å². The van der Waals surface area contributed by atoms with E-state index in [1.807, 2.05) is 4.90 Å². The van der Waals surface area contributed by atoms with Crippen LogP contribution in [0.3, 0.4) is 0 Å². The molecule has 2 fully saturated rings. The van der Waals surface area contributed by atoms with Crippen molar-refractivity contribution in [2.75, 3.05) is 19.6 Å². The van der Waals surface area contributed by atoms with Gasteiger partial charge in [-0.05, 0) is 18.8 Å². The predicted molar refractivity (Wildman–Crippen MR) is 51.4 cm³/mol. The van der Waals surface area contributed by atoms with E-state index in [1.54, 1.807) is 0 Å². The zero-order chi connectivity index (χ0) is 9.10. The van der Waals surface area contributed by atoms with Crippen LogP contribution in [0.4, 0.5) is 0 Å². The van der Waals surface area contributed by atoms with Crippen LogP contribution in [0.25, 0.3) is 0 Å². The molecule has 2 aliphatic rings. The summed E-state index contributed by atoms with van der Waals surface area (Å²) < 4.78 is 0. The van der Waals surface area contributed by atoms with Crippen molar-refractivity contribution in [3.63, 3.8) is 0 Å².